The van der Waals surface area contributed by atoms with Gasteiger partial charge in [-0.1, -0.05) is 12.2 Å². The van der Waals surface area contributed by atoms with Crippen LogP contribution in [-0.4, -0.2) is 58.3 Å². The van der Waals surface area contributed by atoms with E-state index >= 15 is 0 Å². The van der Waals surface area contributed by atoms with Gasteiger partial charge in [-0.3, -0.25) is 4.79 Å². The largest absolute Gasteiger partial charge is 0.481 e. The molecule has 3 rings (SSSR count). The van der Waals surface area contributed by atoms with E-state index in [9.17, 15) is 20.1 Å². The molecule has 1 spiro atoms. The van der Waals surface area contributed by atoms with Crippen LogP contribution >= 0.6 is 0 Å². The third-order valence-electron chi connectivity index (χ3n) is 5.33. The van der Waals surface area contributed by atoms with Gasteiger partial charge in [-0.05, 0) is 26.7 Å². The molecule has 1 aliphatic carbocycles. The van der Waals surface area contributed by atoms with Gasteiger partial charge in [0, 0.05) is 11.3 Å². The van der Waals surface area contributed by atoms with Gasteiger partial charge in [0.05, 0.1) is 19.1 Å². The number of carboxylic acid groups (broad SMARTS) is 1. The Kier molecular flexibility index (Phi) is 4.05. The number of aliphatic hydroxyl groups excluding tert-OH is 2. The summed E-state index contributed by atoms with van der Waals surface area (Å²) in [7, 11) is 0. The number of hydrogen-bond donors (Lipinski definition) is 3. The average molecular weight is 328 g/mol. The van der Waals surface area contributed by atoms with Crippen LogP contribution in [0.1, 0.15) is 33.1 Å². The van der Waals surface area contributed by atoms with Crippen molar-refractivity contribution in [1.82, 2.24) is 0 Å². The van der Waals surface area contributed by atoms with Crippen LogP contribution in [-0.2, 0) is 19.0 Å². The van der Waals surface area contributed by atoms with Crippen LogP contribution in [0.4, 0.5) is 0 Å². The van der Waals surface area contributed by atoms with Gasteiger partial charge in [0.2, 0.25) is 0 Å². The zero-order valence-electron chi connectivity index (χ0n) is 13.4. The minimum absolute atomic E-state index is 0.107. The van der Waals surface area contributed by atoms with Gasteiger partial charge in [0.1, 0.15) is 12.2 Å². The Hall–Kier alpha value is -0.990. The molecule has 3 aliphatic rings. The Labute approximate surface area is 134 Å². The summed E-state index contributed by atoms with van der Waals surface area (Å²) in [6, 6.07) is 0. The summed E-state index contributed by atoms with van der Waals surface area (Å²) in [6.07, 6.45) is -1.93. The second-order valence-electron chi connectivity index (χ2n) is 7.15. The van der Waals surface area contributed by atoms with Crippen LogP contribution in [0, 0.1) is 11.3 Å². The average Bonchev–Trinajstić information content (AvgIpc) is 3.03. The Morgan fingerprint density at radius 2 is 2.13 bits per heavy atom. The first kappa shape index (κ1) is 16.9. The standard InChI is InChI=1S/C16H24O7/c1-8-4-5-16(9(8)6-11(19)20)12(10(18)7-17)21-14-13(16)22-15(2,3)23-14/h9-10,12-14,17-18H,1,4-7H2,2-3H3,(H,19,20)/t9-,10-,12-,13+,14-,16-/m1/s1. The first-order valence-corrected chi connectivity index (χ1v) is 7.91. The highest BCUT2D eigenvalue weighted by Gasteiger charge is 2.69. The molecular weight excluding hydrogens is 304 g/mol. The van der Waals surface area contributed by atoms with Gasteiger partial charge >= 0.3 is 5.97 Å². The molecule has 0 aromatic heterocycles. The SMILES string of the molecule is C=C1CC[C@@]2([C@@H]1CC(=O)O)[C@@H]([C@H](O)CO)O[C@@H]1OC(C)(C)O[C@@H]12. The second-order valence-corrected chi connectivity index (χ2v) is 7.15. The number of rotatable bonds is 4. The fourth-order valence-corrected chi connectivity index (χ4v) is 4.47. The number of allylic oxidation sites excluding steroid dienone is 1. The van der Waals surface area contributed by atoms with Crippen molar-refractivity contribution in [2.75, 3.05) is 6.61 Å². The van der Waals surface area contributed by atoms with Gasteiger partial charge in [0.25, 0.3) is 0 Å². The molecule has 3 fully saturated rings. The van der Waals surface area contributed by atoms with E-state index < -0.39 is 54.3 Å². The number of aliphatic carboxylic acids is 1. The van der Waals surface area contributed by atoms with E-state index in [0.717, 1.165) is 5.57 Å². The predicted octanol–water partition coefficient (Wildman–Crippen LogP) is 0.643. The lowest BCUT2D eigenvalue weighted by atomic mass is 9.67. The zero-order chi connectivity index (χ0) is 17.0. The molecule has 2 heterocycles. The van der Waals surface area contributed by atoms with E-state index in [1.807, 2.05) is 0 Å². The van der Waals surface area contributed by atoms with E-state index in [2.05, 4.69) is 6.58 Å². The normalized spacial score (nSPS) is 43.0. The van der Waals surface area contributed by atoms with E-state index in [4.69, 9.17) is 14.2 Å². The molecule has 2 saturated heterocycles. The van der Waals surface area contributed by atoms with Crippen molar-refractivity contribution >= 4 is 5.97 Å². The van der Waals surface area contributed by atoms with Gasteiger partial charge in [-0.15, -0.1) is 0 Å². The summed E-state index contributed by atoms with van der Waals surface area (Å²) < 4.78 is 17.7. The van der Waals surface area contributed by atoms with Crippen molar-refractivity contribution in [3.05, 3.63) is 12.2 Å². The van der Waals surface area contributed by atoms with Gasteiger partial charge < -0.3 is 29.5 Å². The molecule has 0 aromatic carbocycles. The van der Waals surface area contributed by atoms with Crippen LogP contribution in [0.5, 0.6) is 0 Å². The molecule has 6 atom stereocenters. The first-order valence-electron chi connectivity index (χ1n) is 7.91. The van der Waals surface area contributed by atoms with Gasteiger partial charge in [0.15, 0.2) is 12.1 Å². The molecule has 0 bridgehead atoms. The van der Waals surface area contributed by atoms with Crippen molar-refractivity contribution < 1.29 is 34.3 Å². The summed E-state index contributed by atoms with van der Waals surface area (Å²) in [5, 5.41) is 28.9. The molecule has 2 aliphatic heterocycles. The number of hydrogen-bond acceptors (Lipinski definition) is 6. The highest BCUT2D eigenvalue weighted by atomic mass is 16.8. The number of fused-ring (bicyclic) bond motifs is 2. The third kappa shape index (κ3) is 2.51. The van der Waals surface area contributed by atoms with Crippen LogP contribution in [0.15, 0.2) is 12.2 Å². The molecule has 7 nitrogen and oxygen atoms in total. The van der Waals surface area contributed by atoms with Crippen LogP contribution in [0.3, 0.4) is 0 Å². The quantitative estimate of drug-likeness (QED) is 0.650. The molecule has 3 N–H and O–H groups in total. The first-order chi connectivity index (χ1) is 10.7. The zero-order valence-corrected chi connectivity index (χ0v) is 13.4. The summed E-state index contributed by atoms with van der Waals surface area (Å²) in [4.78, 5) is 11.3. The Morgan fingerprint density at radius 3 is 2.74 bits per heavy atom. The van der Waals surface area contributed by atoms with Crippen molar-refractivity contribution in [3.8, 4) is 0 Å². The Balaban J connectivity index is 2.02. The van der Waals surface area contributed by atoms with Crippen molar-refractivity contribution in [2.45, 2.75) is 63.5 Å². The Morgan fingerprint density at radius 1 is 1.43 bits per heavy atom. The predicted molar refractivity (Wildman–Crippen MR) is 78.3 cm³/mol. The number of aliphatic hydroxyl groups is 2. The maximum atomic E-state index is 11.3. The van der Waals surface area contributed by atoms with E-state index in [1.54, 1.807) is 13.8 Å². The minimum atomic E-state index is -1.13. The highest BCUT2D eigenvalue weighted by Crippen LogP contribution is 2.61. The molecule has 1 saturated carbocycles. The van der Waals surface area contributed by atoms with Crippen molar-refractivity contribution in [2.24, 2.45) is 11.3 Å². The summed E-state index contributed by atoms with van der Waals surface area (Å²) in [5.74, 6) is -2.16. The maximum Gasteiger partial charge on any atom is 0.303 e. The second kappa shape index (κ2) is 5.53. The molecule has 7 heteroatoms. The van der Waals surface area contributed by atoms with Crippen LogP contribution < -0.4 is 0 Å². The molecule has 130 valence electrons. The third-order valence-corrected chi connectivity index (χ3v) is 5.33. The van der Waals surface area contributed by atoms with Crippen LogP contribution in [0.25, 0.3) is 0 Å². The number of ether oxygens (including phenoxy) is 3. The van der Waals surface area contributed by atoms with Crippen molar-refractivity contribution in [1.29, 1.82) is 0 Å². The molecule has 0 aromatic rings. The smallest absolute Gasteiger partial charge is 0.303 e. The summed E-state index contributed by atoms with van der Waals surface area (Å²) >= 11 is 0. The van der Waals surface area contributed by atoms with Gasteiger partial charge in [-0.25, -0.2) is 0 Å². The Bertz CT molecular complexity index is 517. The topological polar surface area (TPSA) is 105 Å². The summed E-state index contributed by atoms with van der Waals surface area (Å²) in [6.45, 7) is 7.09. The monoisotopic (exact) mass is 328 g/mol. The number of carboxylic acids is 1. The minimum Gasteiger partial charge on any atom is -0.481 e. The lowest BCUT2D eigenvalue weighted by Crippen LogP contribution is -2.51. The fraction of sp³-hybridized carbons (Fsp3) is 0.812. The lowest BCUT2D eigenvalue weighted by Gasteiger charge is -2.41. The highest BCUT2D eigenvalue weighted by molar-refractivity contribution is 5.68. The number of carbonyl (C=O) groups is 1. The van der Waals surface area contributed by atoms with E-state index in [0.29, 0.717) is 12.8 Å². The molecular formula is C16H24O7. The van der Waals surface area contributed by atoms with E-state index in [1.165, 1.54) is 0 Å². The molecule has 23 heavy (non-hydrogen) atoms. The van der Waals surface area contributed by atoms with Gasteiger partial charge in [-0.2, -0.15) is 0 Å². The summed E-state index contributed by atoms with van der Waals surface area (Å²) in [5.41, 5.74) is 0.0656. The molecule has 0 radical (unpaired) electrons. The fourth-order valence-electron chi connectivity index (χ4n) is 4.47. The van der Waals surface area contributed by atoms with Crippen LogP contribution in [0.2, 0.25) is 0 Å². The maximum absolute atomic E-state index is 11.3. The molecule has 0 amide bonds. The lowest BCUT2D eigenvalue weighted by molar-refractivity contribution is -0.235. The van der Waals surface area contributed by atoms with E-state index in [-0.39, 0.29) is 6.42 Å². The molecule has 0 unspecified atom stereocenters. The van der Waals surface area contributed by atoms with Crippen molar-refractivity contribution in [3.63, 3.8) is 0 Å².